The van der Waals surface area contributed by atoms with E-state index in [1.165, 1.54) is 0 Å². The van der Waals surface area contributed by atoms with E-state index in [2.05, 4.69) is 10.1 Å². The fourth-order valence-corrected chi connectivity index (χ4v) is 1.34. The lowest BCUT2D eigenvalue weighted by molar-refractivity contribution is -0.159. The number of nitrogens with one attached hydrogen (secondary N) is 1. The second kappa shape index (κ2) is 8.29. The molecule has 0 spiro atoms. The van der Waals surface area contributed by atoms with Gasteiger partial charge in [0.25, 0.3) is 0 Å². The zero-order chi connectivity index (χ0) is 15.8. The number of rotatable bonds is 7. The fraction of sp³-hybridized carbons (Fsp3) is 0.692. The van der Waals surface area contributed by atoms with E-state index in [9.17, 15) is 19.2 Å². The Labute approximate surface area is 118 Å². The molecule has 0 aromatic rings. The van der Waals surface area contributed by atoms with Gasteiger partial charge in [0.15, 0.2) is 0 Å². The van der Waals surface area contributed by atoms with E-state index in [0.29, 0.717) is 6.29 Å². The molecule has 1 unspecified atom stereocenters. The van der Waals surface area contributed by atoms with E-state index in [-0.39, 0.29) is 19.3 Å². The molecule has 0 aliphatic rings. The fourth-order valence-electron chi connectivity index (χ4n) is 1.34. The summed E-state index contributed by atoms with van der Waals surface area (Å²) in [5.41, 5.74) is -0.681. The molecule has 0 bridgehead atoms. The molecule has 0 aliphatic carbocycles. The van der Waals surface area contributed by atoms with Crippen LogP contribution in [0.1, 0.15) is 40.0 Å². The molecular formula is C13H21NO6. The highest BCUT2D eigenvalue weighted by molar-refractivity contribution is 5.88. The highest BCUT2D eigenvalue weighted by atomic mass is 16.6. The third-order valence-electron chi connectivity index (χ3n) is 2.10. The maximum atomic E-state index is 11.6. The third kappa shape index (κ3) is 8.23. The van der Waals surface area contributed by atoms with Crippen molar-refractivity contribution in [1.82, 2.24) is 5.32 Å². The van der Waals surface area contributed by atoms with Gasteiger partial charge in [-0.2, -0.15) is 0 Å². The minimum absolute atomic E-state index is 0.0478. The molecule has 0 aromatic heterocycles. The lowest BCUT2D eigenvalue weighted by Crippen LogP contribution is -2.43. The molecule has 0 heterocycles. The minimum atomic E-state index is -1.12. The zero-order valence-corrected chi connectivity index (χ0v) is 12.2. The molecule has 1 N–H and O–H groups in total. The van der Waals surface area contributed by atoms with Gasteiger partial charge in [0.2, 0.25) is 5.91 Å². The quantitative estimate of drug-likeness (QED) is 0.536. The summed E-state index contributed by atoms with van der Waals surface area (Å²) in [5.74, 6) is -1.87. The Morgan fingerprint density at radius 2 is 1.85 bits per heavy atom. The number of carbonyl (C=O) groups excluding carboxylic acids is 4. The van der Waals surface area contributed by atoms with Gasteiger partial charge in [0.05, 0.1) is 13.5 Å². The third-order valence-corrected chi connectivity index (χ3v) is 2.10. The lowest BCUT2D eigenvalue weighted by Gasteiger charge is -2.21. The summed E-state index contributed by atoms with van der Waals surface area (Å²) in [6.07, 6.45) is 0.273. The van der Waals surface area contributed by atoms with E-state index < -0.39 is 29.5 Å². The van der Waals surface area contributed by atoms with Gasteiger partial charge in [-0.3, -0.25) is 9.59 Å². The van der Waals surface area contributed by atoms with Gasteiger partial charge < -0.3 is 19.6 Å². The van der Waals surface area contributed by atoms with Crippen LogP contribution in [0.3, 0.4) is 0 Å². The van der Waals surface area contributed by atoms with Crippen LogP contribution in [0, 0.1) is 0 Å². The molecule has 0 radical (unpaired) electrons. The maximum Gasteiger partial charge on any atom is 0.328 e. The second-order valence-electron chi connectivity index (χ2n) is 5.14. The van der Waals surface area contributed by atoms with E-state index in [1.807, 2.05) is 0 Å². The first-order valence-corrected chi connectivity index (χ1v) is 6.22. The average Bonchev–Trinajstić information content (AvgIpc) is 2.32. The van der Waals surface area contributed by atoms with Crippen molar-refractivity contribution in [2.75, 3.05) is 7.11 Å². The van der Waals surface area contributed by atoms with Gasteiger partial charge in [0.1, 0.15) is 17.9 Å². The van der Waals surface area contributed by atoms with E-state index >= 15 is 0 Å². The SMILES string of the molecule is COC(=O)C(CC(=O)OC(C)(C)C)NC(=O)CCC=O. The first kappa shape index (κ1) is 18.1. The highest BCUT2D eigenvalue weighted by Crippen LogP contribution is 2.10. The van der Waals surface area contributed by atoms with E-state index in [0.717, 1.165) is 7.11 Å². The normalized spacial score (nSPS) is 12.2. The summed E-state index contributed by atoms with van der Waals surface area (Å²) in [7, 11) is 1.15. The van der Waals surface area contributed by atoms with Gasteiger partial charge in [-0.05, 0) is 20.8 Å². The van der Waals surface area contributed by atoms with Gasteiger partial charge in [-0.1, -0.05) is 0 Å². The number of amides is 1. The second-order valence-corrected chi connectivity index (χ2v) is 5.14. The first-order chi connectivity index (χ1) is 9.19. The molecule has 7 heteroatoms. The van der Waals surface area contributed by atoms with Crippen LogP contribution in [0.5, 0.6) is 0 Å². The molecule has 7 nitrogen and oxygen atoms in total. The number of hydrogen-bond acceptors (Lipinski definition) is 6. The van der Waals surface area contributed by atoms with Gasteiger partial charge in [-0.25, -0.2) is 4.79 Å². The summed E-state index contributed by atoms with van der Waals surface area (Å²) in [6, 6.07) is -1.12. The van der Waals surface area contributed by atoms with Crippen molar-refractivity contribution < 1.29 is 28.7 Å². The average molecular weight is 287 g/mol. The summed E-state index contributed by atoms with van der Waals surface area (Å²) >= 11 is 0. The number of hydrogen-bond donors (Lipinski definition) is 1. The van der Waals surface area contributed by atoms with Crippen LogP contribution >= 0.6 is 0 Å². The Kier molecular flexibility index (Phi) is 7.49. The Hall–Kier alpha value is -1.92. The van der Waals surface area contributed by atoms with Crippen LogP contribution in [0.15, 0.2) is 0 Å². The number of aldehydes is 1. The van der Waals surface area contributed by atoms with Crippen LogP contribution in [0.2, 0.25) is 0 Å². The maximum absolute atomic E-state index is 11.6. The van der Waals surface area contributed by atoms with Crippen molar-refractivity contribution in [2.45, 2.75) is 51.7 Å². The lowest BCUT2D eigenvalue weighted by atomic mass is 10.1. The smallest absolute Gasteiger partial charge is 0.328 e. The molecule has 0 saturated heterocycles. The van der Waals surface area contributed by atoms with Crippen molar-refractivity contribution >= 4 is 24.1 Å². The number of methoxy groups -OCH3 is 1. The highest BCUT2D eigenvalue weighted by Gasteiger charge is 2.27. The van der Waals surface area contributed by atoms with Crippen LogP contribution in [0.4, 0.5) is 0 Å². The van der Waals surface area contributed by atoms with Crippen LogP contribution < -0.4 is 5.32 Å². The van der Waals surface area contributed by atoms with Crippen molar-refractivity contribution in [3.05, 3.63) is 0 Å². The molecule has 1 atom stereocenters. The molecular weight excluding hydrogens is 266 g/mol. The largest absolute Gasteiger partial charge is 0.467 e. The Morgan fingerprint density at radius 1 is 1.25 bits per heavy atom. The molecule has 1 amide bonds. The topological polar surface area (TPSA) is 98.8 Å². The van der Waals surface area contributed by atoms with Gasteiger partial charge >= 0.3 is 11.9 Å². The van der Waals surface area contributed by atoms with Crippen LogP contribution in [-0.2, 0) is 28.7 Å². The molecule has 0 aliphatic heterocycles. The predicted octanol–water partition coefficient (Wildman–Crippen LogP) is 0.355. The number of carbonyl (C=O) groups is 4. The molecule has 0 rings (SSSR count). The molecule has 0 fully saturated rings. The van der Waals surface area contributed by atoms with Crippen molar-refractivity contribution in [3.63, 3.8) is 0 Å². The Morgan fingerprint density at radius 3 is 2.30 bits per heavy atom. The Balaban J connectivity index is 4.57. The minimum Gasteiger partial charge on any atom is -0.467 e. The molecule has 0 aromatic carbocycles. The van der Waals surface area contributed by atoms with Gasteiger partial charge in [0, 0.05) is 12.8 Å². The Bertz CT molecular complexity index is 372. The van der Waals surface area contributed by atoms with Crippen molar-refractivity contribution in [2.24, 2.45) is 0 Å². The summed E-state index contributed by atoms with van der Waals surface area (Å²) in [4.78, 5) is 44.8. The van der Waals surface area contributed by atoms with Gasteiger partial charge in [-0.15, -0.1) is 0 Å². The summed E-state index contributed by atoms with van der Waals surface area (Å²) < 4.78 is 9.59. The summed E-state index contributed by atoms with van der Waals surface area (Å²) in [5, 5.41) is 2.35. The van der Waals surface area contributed by atoms with Crippen LogP contribution in [-0.4, -0.2) is 42.9 Å². The summed E-state index contributed by atoms with van der Waals surface area (Å²) in [6.45, 7) is 5.09. The van der Waals surface area contributed by atoms with E-state index in [1.54, 1.807) is 20.8 Å². The predicted molar refractivity (Wildman–Crippen MR) is 69.7 cm³/mol. The number of ether oxygens (including phenoxy) is 2. The van der Waals surface area contributed by atoms with Crippen molar-refractivity contribution in [1.29, 1.82) is 0 Å². The standard InChI is InChI=1S/C13H21NO6/c1-13(2,3)20-11(17)8-9(12(18)19-4)14-10(16)6-5-7-15/h7,9H,5-6,8H2,1-4H3,(H,14,16). The first-order valence-electron chi connectivity index (χ1n) is 6.22. The monoisotopic (exact) mass is 287 g/mol. The van der Waals surface area contributed by atoms with E-state index in [4.69, 9.17) is 4.74 Å². The zero-order valence-electron chi connectivity index (χ0n) is 12.2. The molecule has 20 heavy (non-hydrogen) atoms. The molecule has 0 saturated carbocycles. The van der Waals surface area contributed by atoms with Crippen LogP contribution in [0.25, 0.3) is 0 Å². The molecule has 114 valence electrons. The van der Waals surface area contributed by atoms with Crippen molar-refractivity contribution in [3.8, 4) is 0 Å². The number of esters is 2.